The summed E-state index contributed by atoms with van der Waals surface area (Å²) in [6.45, 7) is 0.0999. The molecule has 7 heteroatoms. The van der Waals surface area contributed by atoms with E-state index in [1.54, 1.807) is 48.8 Å². The highest BCUT2D eigenvalue weighted by molar-refractivity contribution is 6.05. The number of nitrogens with two attached hydrogens (primary N) is 1. The Bertz CT molecular complexity index is 1010. The number of anilines is 1. The molecule has 0 spiro atoms. The third kappa shape index (κ3) is 5.18. The molecule has 0 unspecified atom stereocenters. The molecule has 0 aliphatic rings. The lowest BCUT2D eigenvalue weighted by Gasteiger charge is -2.13. The SMILES string of the molecule is COC(=O)COc1ccc(-c2cccc(C(=O)Nc3ccncc3)c2)c(CN)c1. The Balaban J connectivity index is 1.82. The predicted octanol–water partition coefficient (Wildman–Crippen LogP) is 3.01. The van der Waals surface area contributed by atoms with Gasteiger partial charge in [-0.2, -0.15) is 0 Å². The van der Waals surface area contributed by atoms with Crippen LogP contribution in [0.25, 0.3) is 11.1 Å². The zero-order valence-corrected chi connectivity index (χ0v) is 15.9. The lowest BCUT2D eigenvalue weighted by Crippen LogP contribution is -2.13. The number of benzene rings is 2. The average Bonchev–Trinajstić information content (AvgIpc) is 2.78. The first-order valence-electron chi connectivity index (χ1n) is 8.95. The number of hydrogen-bond acceptors (Lipinski definition) is 6. The van der Waals surface area contributed by atoms with Gasteiger partial charge in [0.05, 0.1) is 7.11 Å². The Hall–Kier alpha value is -3.71. The minimum atomic E-state index is -0.462. The molecule has 1 amide bonds. The molecule has 2 aromatic carbocycles. The Labute approximate surface area is 168 Å². The zero-order valence-electron chi connectivity index (χ0n) is 15.9. The van der Waals surface area contributed by atoms with Crippen molar-refractivity contribution >= 4 is 17.6 Å². The largest absolute Gasteiger partial charge is 0.482 e. The summed E-state index contributed by atoms with van der Waals surface area (Å²) >= 11 is 0. The van der Waals surface area contributed by atoms with E-state index < -0.39 is 5.97 Å². The monoisotopic (exact) mass is 391 g/mol. The normalized spacial score (nSPS) is 10.3. The number of esters is 1. The van der Waals surface area contributed by atoms with Gasteiger partial charge >= 0.3 is 5.97 Å². The highest BCUT2D eigenvalue weighted by Crippen LogP contribution is 2.28. The van der Waals surface area contributed by atoms with Crippen molar-refractivity contribution < 1.29 is 19.1 Å². The fourth-order valence-electron chi connectivity index (χ4n) is 2.78. The first-order valence-corrected chi connectivity index (χ1v) is 8.95. The summed E-state index contributed by atoms with van der Waals surface area (Å²) in [5, 5.41) is 2.84. The predicted molar refractivity (Wildman–Crippen MR) is 109 cm³/mol. The molecule has 0 atom stereocenters. The van der Waals surface area contributed by atoms with Crippen LogP contribution in [0.15, 0.2) is 67.0 Å². The van der Waals surface area contributed by atoms with E-state index in [2.05, 4.69) is 15.0 Å². The van der Waals surface area contributed by atoms with Crippen molar-refractivity contribution in [3.63, 3.8) is 0 Å². The molecular formula is C22H21N3O4. The van der Waals surface area contributed by atoms with Crippen molar-refractivity contribution in [2.45, 2.75) is 6.54 Å². The first-order chi connectivity index (χ1) is 14.1. The van der Waals surface area contributed by atoms with Gasteiger partial charge in [0, 0.05) is 30.2 Å². The molecule has 1 aromatic heterocycles. The average molecular weight is 391 g/mol. The molecule has 3 N–H and O–H groups in total. The van der Waals surface area contributed by atoms with E-state index >= 15 is 0 Å². The lowest BCUT2D eigenvalue weighted by molar-refractivity contribution is -0.142. The van der Waals surface area contributed by atoms with Gasteiger partial charge in [0.15, 0.2) is 6.61 Å². The number of methoxy groups -OCH3 is 1. The van der Waals surface area contributed by atoms with Gasteiger partial charge in [-0.1, -0.05) is 18.2 Å². The molecular weight excluding hydrogens is 370 g/mol. The van der Waals surface area contributed by atoms with Crippen molar-refractivity contribution in [3.05, 3.63) is 78.1 Å². The maximum Gasteiger partial charge on any atom is 0.343 e. The highest BCUT2D eigenvalue weighted by Gasteiger charge is 2.11. The summed E-state index contributed by atoms with van der Waals surface area (Å²) < 4.78 is 9.99. The Morgan fingerprint density at radius 3 is 2.59 bits per heavy atom. The summed E-state index contributed by atoms with van der Waals surface area (Å²) in [5.41, 5.74) is 9.67. The second kappa shape index (κ2) is 9.48. The van der Waals surface area contributed by atoms with Crippen LogP contribution in [0.2, 0.25) is 0 Å². The number of nitrogens with zero attached hydrogens (tertiary/aromatic N) is 1. The smallest absolute Gasteiger partial charge is 0.343 e. The van der Waals surface area contributed by atoms with E-state index in [9.17, 15) is 9.59 Å². The number of pyridine rings is 1. The zero-order chi connectivity index (χ0) is 20.6. The fraction of sp³-hybridized carbons (Fsp3) is 0.136. The van der Waals surface area contributed by atoms with E-state index in [1.807, 2.05) is 18.2 Å². The van der Waals surface area contributed by atoms with E-state index in [1.165, 1.54) is 7.11 Å². The van der Waals surface area contributed by atoms with Gasteiger partial charge in [-0.3, -0.25) is 9.78 Å². The van der Waals surface area contributed by atoms with Crippen LogP contribution < -0.4 is 15.8 Å². The summed E-state index contributed by atoms with van der Waals surface area (Å²) in [6.07, 6.45) is 3.23. The summed E-state index contributed by atoms with van der Waals surface area (Å²) in [7, 11) is 1.30. The van der Waals surface area contributed by atoms with Crippen LogP contribution in [0, 0.1) is 0 Å². The van der Waals surface area contributed by atoms with Gasteiger partial charge < -0.3 is 20.5 Å². The Morgan fingerprint density at radius 2 is 1.86 bits per heavy atom. The first kappa shape index (κ1) is 20.0. The molecule has 0 aliphatic heterocycles. The number of hydrogen-bond donors (Lipinski definition) is 2. The molecule has 0 bridgehead atoms. The van der Waals surface area contributed by atoms with Crippen molar-refractivity contribution in [1.82, 2.24) is 4.98 Å². The number of aromatic nitrogens is 1. The highest BCUT2D eigenvalue weighted by atomic mass is 16.6. The molecule has 7 nitrogen and oxygen atoms in total. The van der Waals surface area contributed by atoms with Crippen LogP contribution in [0.5, 0.6) is 5.75 Å². The molecule has 0 saturated carbocycles. The van der Waals surface area contributed by atoms with Crippen LogP contribution in [-0.2, 0) is 16.1 Å². The number of amides is 1. The fourth-order valence-corrected chi connectivity index (χ4v) is 2.78. The number of carbonyl (C=O) groups excluding carboxylic acids is 2. The minimum Gasteiger partial charge on any atom is -0.482 e. The standard InChI is InChI=1S/C22H21N3O4/c1-28-21(26)14-29-19-5-6-20(17(12-19)13-23)15-3-2-4-16(11-15)22(27)25-18-7-9-24-10-8-18/h2-12H,13-14,23H2,1H3,(H,24,25,27). The molecule has 148 valence electrons. The minimum absolute atomic E-state index is 0.176. The number of nitrogens with one attached hydrogen (secondary N) is 1. The molecule has 3 aromatic rings. The molecule has 0 fully saturated rings. The third-order valence-electron chi connectivity index (χ3n) is 4.25. The topological polar surface area (TPSA) is 104 Å². The lowest BCUT2D eigenvalue weighted by atomic mass is 9.97. The molecule has 29 heavy (non-hydrogen) atoms. The van der Waals surface area contributed by atoms with Crippen molar-refractivity contribution in [3.8, 4) is 16.9 Å². The molecule has 1 heterocycles. The number of rotatable bonds is 7. The van der Waals surface area contributed by atoms with Gasteiger partial charge in [-0.05, 0) is 53.1 Å². The van der Waals surface area contributed by atoms with Gasteiger partial charge in [0.2, 0.25) is 0 Å². The van der Waals surface area contributed by atoms with Crippen LogP contribution in [0.3, 0.4) is 0 Å². The molecule has 3 rings (SSSR count). The number of ether oxygens (including phenoxy) is 2. The number of carbonyl (C=O) groups is 2. The van der Waals surface area contributed by atoms with Gasteiger partial charge in [0.1, 0.15) is 5.75 Å². The van der Waals surface area contributed by atoms with E-state index in [-0.39, 0.29) is 19.1 Å². The van der Waals surface area contributed by atoms with Crippen LogP contribution in [0.1, 0.15) is 15.9 Å². The van der Waals surface area contributed by atoms with E-state index in [4.69, 9.17) is 10.5 Å². The maximum absolute atomic E-state index is 12.6. The van der Waals surface area contributed by atoms with Gasteiger partial charge in [0.25, 0.3) is 5.91 Å². The van der Waals surface area contributed by atoms with E-state index in [0.717, 1.165) is 16.7 Å². The summed E-state index contributed by atoms with van der Waals surface area (Å²) in [6, 6.07) is 16.1. The van der Waals surface area contributed by atoms with Crippen LogP contribution in [0.4, 0.5) is 5.69 Å². The van der Waals surface area contributed by atoms with E-state index in [0.29, 0.717) is 17.0 Å². The van der Waals surface area contributed by atoms with Crippen LogP contribution >= 0.6 is 0 Å². The van der Waals surface area contributed by atoms with Gasteiger partial charge in [-0.15, -0.1) is 0 Å². The Morgan fingerprint density at radius 1 is 1.07 bits per heavy atom. The third-order valence-corrected chi connectivity index (χ3v) is 4.25. The summed E-state index contributed by atoms with van der Waals surface area (Å²) in [5.74, 6) is -0.159. The second-order valence-corrected chi connectivity index (χ2v) is 6.16. The van der Waals surface area contributed by atoms with Crippen molar-refractivity contribution in [1.29, 1.82) is 0 Å². The second-order valence-electron chi connectivity index (χ2n) is 6.16. The van der Waals surface area contributed by atoms with Crippen LogP contribution in [-0.4, -0.2) is 30.6 Å². The summed E-state index contributed by atoms with van der Waals surface area (Å²) in [4.78, 5) is 27.7. The molecule has 0 saturated heterocycles. The molecule has 0 radical (unpaired) electrons. The van der Waals surface area contributed by atoms with Gasteiger partial charge in [-0.25, -0.2) is 4.79 Å². The molecule has 0 aliphatic carbocycles. The van der Waals surface area contributed by atoms with Crippen molar-refractivity contribution in [2.24, 2.45) is 5.73 Å². The Kier molecular flexibility index (Phi) is 6.55. The van der Waals surface area contributed by atoms with Crippen molar-refractivity contribution in [2.75, 3.05) is 19.0 Å². The quantitative estimate of drug-likeness (QED) is 0.600. The maximum atomic E-state index is 12.6.